The van der Waals surface area contributed by atoms with Crippen molar-refractivity contribution < 1.29 is 15.0 Å². The SMILES string of the molecule is C[C@]12CCC(O)CC1=CC(O)[C@@H]1C2=CC[C@]2(C)C(=O)CC[C@@H]12. The maximum absolute atomic E-state index is 12.4. The van der Waals surface area contributed by atoms with Crippen molar-refractivity contribution in [3.63, 3.8) is 0 Å². The fourth-order valence-corrected chi connectivity index (χ4v) is 5.72. The molecule has 3 heteroatoms. The van der Waals surface area contributed by atoms with Gasteiger partial charge in [0, 0.05) is 23.2 Å². The molecule has 22 heavy (non-hydrogen) atoms. The van der Waals surface area contributed by atoms with Gasteiger partial charge in [0.25, 0.3) is 0 Å². The quantitative estimate of drug-likeness (QED) is 0.677. The minimum atomic E-state index is -0.504. The van der Waals surface area contributed by atoms with Crippen LogP contribution in [-0.4, -0.2) is 28.2 Å². The molecule has 0 spiro atoms. The van der Waals surface area contributed by atoms with Crippen LogP contribution in [0.1, 0.15) is 52.4 Å². The van der Waals surface area contributed by atoms with E-state index in [9.17, 15) is 15.0 Å². The Balaban J connectivity index is 1.80. The van der Waals surface area contributed by atoms with Gasteiger partial charge >= 0.3 is 0 Å². The number of Topliss-reactive ketones (excluding diaryl/α,β-unsaturated/α-hetero) is 1. The minimum Gasteiger partial charge on any atom is -0.393 e. The highest BCUT2D eigenvalue weighted by Gasteiger charge is 2.57. The highest BCUT2D eigenvalue weighted by Crippen LogP contribution is 2.61. The number of carbonyl (C=O) groups is 1. The van der Waals surface area contributed by atoms with E-state index in [1.54, 1.807) is 0 Å². The van der Waals surface area contributed by atoms with Crippen molar-refractivity contribution in [3.05, 3.63) is 23.3 Å². The van der Waals surface area contributed by atoms with Crippen molar-refractivity contribution in [1.82, 2.24) is 0 Å². The Bertz CT molecular complexity index is 589. The first-order valence-electron chi connectivity index (χ1n) is 8.67. The maximum Gasteiger partial charge on any atom is 0.139 e. The summed E-state index contributed by atoms with van der Waals surface area (Å²) in [6.07, 6.45) is 8.34. The number of rotatable bonds is 0. The van der Waals surface area contributed by atoms with Crippen molar-refractivity contribution in [1.29, 1.82) is 0 Å². The zero-order valence-corrected chi connectivity index (χ0v) is 13.5. The molecule has 0 amide bonds. The second-order valence-electron chi connectivity index (χ2n) is 8.29. The van der Waals surface area contributed by atoms with Gasteiger partial charge in [-0.15, -0.1) is 0 Å². The molecule has 4 rings (SSSR count). The Morgan fingerprint density at radius 2 is 2.00 bits per heavy atom. The summed E-state index contributed by atoms with van der Waals surface area (Å²) in [6.45, 7) is 4.37. The van der Waals surface area contributed by atoms with Crippen molar-refractivity contribution in [3.8, 4) is 0 Å². The number of aliphatic hydroxyl groups is 2. The van der Waals surface area contributed by atoms with Crippen LogP contribution in [0.25, 0.3) is 0 Å². The molecule has 2 N–H and O–H groups in total. The largest absolute Gasteiger partial charge is 0.393 e. The fraction of sp³-hybridized carbons (Fsp3) is 0.737. The van der Waals surface area contributed by atoms with Crippen LogP contribution >= 0.6 is 0 Å². The standard InChI is InChI=1S/C19H26O3/c1-18-7-5-12(20)9-11(18)10-15(21)17-13-3-4-16(22)19(13,2)8-6-14(17)18/h6,10,12-13,15,17,20-21H,3-5,7-9H2,1-2H3/t12?,13-,15?,17-,18-,19-/m0/s1. The maximum atomic E-state index is 12.4. The molecule has 0 aromatic rings. The van der Waals surface area contributed by atoms with Gasteiger partial charge in [-0.2, -0.15) is 0 Å². The topological polar surface area (TPSA) is 57.5 Å². The van der Waals surface area contributed by atoms with E-state index in [0.29, 0.717) is 18.6 Å². The van der Waals surface area contributed by atoms with Crippen LogP contribution in [-0.2, 0) is 4.79 Å². The summed E-state index contributed by atoms with van der Waals surface area (Å²) in [5, 5.41) is 20.8. The average Bonchev–Trinajstić information content (AvgIpc) is 2.77. The Morgan fingerprint density at radius 1 is 1.23 bits per heavy atom. The smallest absolute Gasteiger partial charge is 0.139 e. The molecule has 120 valence electrons. The summed E-state index contributed by atoms with van der Waals surface area (Å²) in [4.78, 5) is 12.4. The van der Waals surface area contributed by atoms with Gasteiger partial charge < -0.3 is 10.2 Å². The fourth-order valence-electron chi connectivity index (χ4n) is 5.72. The number of carbonyl (C=O) groups excluding carboxylic acids is 1. The third-order valence-corrected chi connectivity index (χ3v) is 7.20. The Hall–Kier alpha value is -0.930. The molecule has 0 bridgehead atoms. The first kappa shape index (κ1) is 14.6. The minimum absolute atomic E-state index is 0.0178. The summed E-state index contributed by atoms with van der Waals surface area (Å²) >= 11 is 0. The number of hydrogen-bond acceptors (Lipinski definition) is 3. The van der Waals surface area contributed by atoms with E-state index >= 15 is 0 Å². The second-order valence-corrected chi connectivity index (χ2v) is 8.29. The molecule has 0 aromatic heterocycles. The van der Waals surface area contributed by atoms with Gasteiger partial charge in [0.15, 0.2) is 0 Å². The monoisotopic (exact) mass is 302 g/mol. The van der Waals surface area contributed by atoms with Gasteiger partial charge in [-0.25, -0.2) is 0 Å². The lowest BCUT2D eigenvalue weighted by Gasteiger charge is -2.53. The van der Waals surface area contributed by atoms with Crippen LogP contribution in [0.2, 0.25) is 0 Å². The van der Waals surface area contributed by atoms with E-state index in [1.165, 1.54) is 11.1 Å². The van der Waals surface area contributed by atoms with Gasteiger partial charge in [0.2, 0.25) is 0 Å². The van der Waals surface area contributed by atoms with Crippen LogP contribution < -0.4 is 0 Å². The zero-order chi connectivity index (χ0) is 15.7. The summed E-state index contributed by atoms with van der Waals surface area (Å²) in [5.74, 6) is 0.740. The molecular weight excluding hydrogens is 276 g/mol. The van der Waals surface area contributed by atoms with E-state index in [-0.39, 0.29) is 28.8 Å². The third-order valence-electron chi connectivity index (χ3n) is 7.20. The summed E-state index contributed by atoms with van der Waals surface area (Å²) in [5.41, 5.74) is 2.26. The lowest BCUT2D eigenvalue weighted by atomic mass is 9.52. The molecule has 0 heterocycles. The van der Waals surface area contributed by atoms with Crippen LogP contribution in [0.3, 0.4) is 0 Å². The molecule has 6 atom stereocenters. The number of hydrogen-bond donors (Lipinski definition) is 2. The normalized spacial score (nSPS) is 50.6. The number of fused-ring (bicyclic) bond motifs is 5. The van der Waals surface area contributed by atoms with E-state index in [0.717, 1.165) is 25.7 Å². The summed E-state index contributed by atoms with van der Waals surface area (Å²) in [7, 11) is 0. The molecule has 2 saturated carbocycles. The van der Waals surface area contributed by atoms with Crippen molar-refractivity contribution in [2.45, 2.75) is 64.6 Å². The molecule has 0 radical (unpaired) electrons. The first-order valence-corrected chi connectivity index (χ1v) is 8.67. The molecule has 0 aromatic carbocycles. The molecule has 2 unspecified atom stereocenters. The highest BCUT2D eigenvalue weighted by molar-refractivity contribution is 5.87. The van der Waals surface area contributed by atoms with E-state index < -0.39 is 6.10 Å². The Labute approximate surface area is 132 Å². The lowest BCUT2D eigenvalue weighted by Crippen LogP contribution is -2.49. The Morgan fingerprint density at radius 3 is 2.77 bits per heavy atom. The van der Waals surface area contributed by atoms with Crippen LogP contribution in [0.5, 0.6) is 0 Å². The molecule has 3 nitrogen and oxygen atoms in total. The Kier molecular flexibility index (Phi) is 3.03. The second kappa shape index (κ2) is 4.55. The predicted octanol–water partition coefficient (Wildman–Crippen LogP) is 2.77. The summed E-state index contributed by atoms with van der Waals surface area (Å²) in [6, 6.07) is 0. The third kappa shape index (κ3) is 1.73. The first-order chi connectivity index (χ1) is 10.4. The van der Waals surface area contributed by atoms with Crippen molar-refractivity contribution >= 4 is 5.78 Å². The van der Waals surface area contributed by atoms with Gasteiger partial charge in [-0.1, -0.05) is 37.1 Å². The van der Waals surface area contributed by atoms with E-state index in [4.69, 9.17) is 0 Å². The van der Waals surface area contributed by atoms with E-state index in [2.05, 4.69) is 19.9 Å². The van der Waals surface area contributed by atoms with Crippen molar-refractivity contribution in [2.24, 2.45) is 22.7 Å². The molecule has 4 aliphatic carbocycles. The van der Waals surface area contributed by atoms with Crippen LogP contribution in [0.15, 0.2) is 23.3 Å². The van der Waals surface area contributed by atoms with E-state index in [1.807, 2.05) is 6.08 Å². The molecule has 0 saturated heterocycles. The zero-order valence-electron chi connectivity index (χ0n) is 13.5. The van der Waals surface area contributed by atoms with Crippen LogP contribution in [0.4, 0.5) is 0 Å². The van der Waals surface area contributed by atoms with Gasteiger partial charge in [0.05, 0.1) is 12.2 Å². The van der Waals surface area contributed by atoms with Crippen LogP contribution in [0, 0.1) is 22.7 Å². The molecule has 2 fully saturated rings. The van der Waals surface area contributed by atoms with Gasteiger partial charge in [-0.05, 0) is 38.0 Å². The predicted molar refractivity (Wildman–Crippen MR) is 84.1 cm³/mol. The number of allylic oxidation sites excluding steroid dienone is 1. The molecular formula is C19H26O3. The van der Waals surface area contributed by atoms with Gasteiger partial charge in [-0.3, -0.25) is 4.79 Å². The molecule has 4 aliphatic rings. The highest BCUT2D eigenvalue weighted by atomic mass is 16.3. The average molecular weight is 302 g/mol. The van der Waals surface area contributed by atoms with Gasteiger partial charge in [0.1, 0.15) is 5.78 Å². The lowest BCUT2D eigenvalue weighted by molar-refractivity contribution is -0.127. The number of aliphatic hydroxyl groups excluding tert-OH is 2. The number of ketones is 1. The summed E-state index contributed by atoms with van der Waals surface area (Å²) < 4.78 is 0. The molecule has 0 aliphatic heterocycles. The van der Waals surface area contributed by atoms with Crippen molar-refractivity contribution in [2.75, 3.05) is 0 Å².